The first-order chi connectivity index (χ1) is 6.22. The van der Waals surface area contributed by atoms with Gasteiger partial charge in [0.05, 0.1) is 5.88 Å². The van der Waals surface area contributed by atoms with Crippen molar-refractivity contribution in [3.05, 3.63) is 34.3 Å². The van der Waals surface area contributed by atoms with Crippen molar-refractivity contribution < 1.29 is 4.79 Å². The van der Waals surface area contributed by atoms with E-state index in [1.54, 1.807) is 0 Å². The molecule has 0 aromatic heterocycles. The Kier molecular flexibility index (Phi) is 4.46. The highest BCUT2D eigenvalue weighted by molar-refractivity contribution is 9.10. The van der Waals surface area contributed by atoms with Crippen LogP contribution in [-0.4, -0.2) is 11.7 Å². The molecule has 0 spiro atoms. The largest absolute Gasteiger partial charge is 0.298 e. The molecule has 0 saturated heterocycles. The maximum Gasteiger partial charge on any atom is 0.147 e. The Hall–Kier alpha value is -0.340. The van der Waals surface area contributed by atoms with Gasteiger partial charge in [-0.05, 0) is 24.1 Å². The summed E-state index contributed by atoms with van der Waals surface area (Å²) in [6.07, 6.45) is 1.31. The fraction of sp³-hybridized carbons (Fsp3) is 0.300. The van der Waals surface area contributed by atoms with E-state index >= 15 is 0 Å². The van der Waals surface area contributed by atoms with Crippen molar-refractivity contribution in [3.63, 3.8) is 0 Å². The van der Waals surface area contributed by atoms with Crippen LogP contribution >= 0.6 is 27.5 Å². The Morgan fingerprint density at radius 1 is 1.31 bits per heavy atom. The first-order valence-corrected chi connectivity index (χ1v) is 5.37. The Labute approximate surface area is 91.2 Å². The molecule has 0 bridgehead atoms. The number of hydrogen-bond acceptors (Lipinski definition) is 1. The van der Waals surface area contributed by atoms with E-state index in [9.17, 15) is 4.79 Å². The van der Waals surface area contributed by atoms with E-state index in [4.69, 9.17) is 11.6 Å². The predicted molar refractivity (Wildman–Crippen MR) is 58.2 cm³/mol. The fourth-order valence-electron chi connectivity index (χ4n) is 1.00. The Morgan fingerprint density at radius 2 is 1.92 bits per heavy atom. The number of carbonyl (C=O) groups is 1. The van der Waals surface area contributed by atoms with Crippen LogP contribution < -0.4 is 0 Å². The highest BCUT2D eigenvalue weighted by atomic mass is 79.9. The zero-order chi connectivity index (χ0) is 9.68. The molecule has 0 unspecified atom stereocenters. The van der Waals surface area contributed by atoms with E-state index in [0.29, 0.717) is 6.42 Å². The summed E-state index contributed by atoms with van der Waals surface area (Å²) < 4.78 is 1.06. The summed E-state index contributed by atoms with van der Waals surface area (Å²) in [5.41, 5.74) is 1.17. The highest BCUT2D eigenvalue weighted by Gasteiger charge is 2.00. The van der Waals surface area contributed by atoms with Crippen LogP contribution in [0.4, 0.5) is 0 Å². The predicted octanol–water partition coefficient (Wildman–Crippen LogP) is 3.19. The smallest absolute Gasteiger partial charge is 0.147 e. The third-order valence-electron chi connectivity index (χ3n) is 1.75. The van der Waals surface area contributed by atoms with Crippen molar-refractivity contribution in [1.82, 2.24) is 0 Å². The SMILES string of the molecule is O=C(CCl)CCc1ccc(Br)cc1. The molecule has 0 N–H and O–H groups in total. The van der Waals surface area contributed by atoms with Crippen molar-refractivity contribution in [3.8, 4) is 0 Å². The molecule has 0 aliphatic rings. The van der Waals surface area contributed by atoms with Gasteiger partial charge in [0.15, 0.2) is 0 Å². The molecule has 13 heavy (non-hydrogen) atoms. The number of benzene rings is 1. The van der Waals surface area contributed by atoms with Crippen LogP contribution in [0, 0.1) is 0 Å². The monoisotopic (exact) mass is 260 g/mol. The number of ketones is 1. The summed E-state index contributed by atoms with van der Waals surface area (Å²) in [6, 6.07) is 7.96. The average Bonchev–Trinajstić information content (AvgIpc) is 2.16. The minimum absolute atomic E-state index is 0.101. The van der Waals surface area contributed by atoms with E-state index in [1.165, 1.54) is 5.56 Å². The molecule has 0 fully saturated rings. The minimum atomic E-state index is 0.101. The number of carbonyl (C=O) groups excluding carboxylic acids is 1. The third-order valence-corrected chi connectivity index (χ3v) is 2.58. The number of aryl methyl sites for hydroxylation is 1. The van der Waals surface area contributed by atoms with Gasteiger partial charge in [-0.3, -0.25) is 4.79 Å². The average molecular weight is 262 g/mol. The molecular formula is C10H10BrClO. The lowest BCUT2D eigenvalue weighted by Gasteiger charge is -1.99. The minimum Gasteiger partial charge on any atom is -0.298 e. The van der Waals surface area contributed by atoms with Gasteiger partial charge in [-0.25, -0.2) is 0 Å². The number of rotatable bonds is 4. The highest BCUT2D eigenvalue weighted by Crippen LogP contribution is 2.11. The van der Waals surface area contributed by atoms with E-state index in [-0.39, 0.29) is 11.7 Å². The van der Waals surface area contributed by atoms with Crippen LogP contribution in [0.3, 0.4) is 0 Å². The molecule has 3 heteroatoms. The standard InChI is InChI=1S/C10H10BrClO/c11-9-4-1-8(2-5-9)3-6-10(13)7-12/h1-2,4-5H,3,6-7H2. The summed E-state index contributed by atoms with van der Waals surface area (Å²) in [7, 11) is 0. The number of Topliss-reactive ketones (excluding diaryl/α,β-unsaturated/α-hetero) is 1. The Balaban J connectivity index is 2.46. The third kappa shape index (κ3) is 3.92. The summed E-state index contributed by atoms with van der Waals surface area (Å²) in [6.45, 7) is 0. The van der Waals surface area contributed by atoms with Crippen molar-refractivity contribution >= 4 is 33.3 Å². The van der Waals surface area contributed by atoms with E-state index in [0.717, 1.165) is 10.9 Å². The summed E-state index contributed by atoms with van der Waals surface area (Å²) in [5, 5.41) is 0. The maximum absolute atomic E-state index is 10.9. The molecule has 0 heterocycles. The summed E-state index contributed by atoms with van der Waals surface area (Å²) in [5.74, 6) is 0.223. The Bertz CT molecular complexity index is 281. The number of hydrogen-bond donors (Lipinski definition) is 0. The van der Waals surface area contributed by atoms with E-state index in [1.807, 2.05) is 24.3 Å². The van der Waals surface area contributed by atoms with Gasteiger partial charge >= 0.3 is 0 Å². The van der Waals surface area contributed by atoms with E-state index < -0.39 is 0 Å². The molecule has 0 aliphatic heterocycles. The Morgan fingerprint density at radius 3 is 2.46 bits per heavy atom. The molecule has 70 valence electrons. The van der Waals surface area contributed by atoms with Crippen LogP contribution in [0.1, 0.15) is 12.0 Å². The van der Waals surface area contributed by atoms with Gasteiger partial charge in [-0.15, -0.1) is 11.6 Å². The lowest BCUT2D eigenvalue weighted by atomic mass is 10.1. The van der Waals surface area contributed by atoms with E-state index in [2.05, 4.69) is 15.9 Å². The molecule has 1 rings (SSSR count). The zero-order valence-electron chi connectivity index (χ0n) is 7.09. The zero-order valence-corrected chi connectivity index (χ0v) is 9.44. The second-order valence-electron chi connectivity index (χ2n) is 2.80. The second kappa shape index (κ2) is 5.40. The molecule has 0 amide bonds. The number of alkyl halides is 1. The molecule has 1 nitrogen and oxygen atoms in total. The van der Waals surface area contributed by atoms with Gasteiger partial charge in [0, 0.05) is 10.9 Å². The number of halogens is 2. The molecule has 1 aromatic rings. The van der Waals surface area contributed by atoms with Gasteiger partial charge in [-0.1, -0.05) is 28.1 Å². The van der Waals surface area contributed by atoms with Crippen LogP contribution in [0.5, 0.6) is 0 Å². The van der Waals surface area contributed by atoms with Crippen LogP contribution in [0.2, 0.25) is 0 Å². The first kappa shape index (κ1) is 10.7. The van der Waals surface area contributed by atoms with Crippen LogP contribution in [0.15, 0.2) is 28.7 Å². The summed E-state index contributed by atoms with van der Waals surface area (Å²) in [4.78, 5) is 10.9. The molecule has 1 aromatic carbocycles. The lowest BCUT2D eigenvalue weighted by Crippen LogP contribution is -2.00. The lowest BCUT2D eigenvalue weighted by molar-refractivity contribution is -0.116. The fourth-order valence-corrected chi connectivity index (χ4v) is 1.40. The molecule has 0 radical (unpaired) electrons. The van der Waals surface area contributed by atoms with Gasteiger partial charge < -0.3 is 0 Å². The van der Waals surface area contributed by atoms with Gasteiger partial charge in [0.2, 0.25) is 0 Å². The van der Waals surface area contributed by atoms with Crippen LogP contribution in [-0.2, 0) is 11.2 Å². The van der Waals surface area contributed by atoms with Crippen LogP contribution in [0.25, 0.3) is 0 Å². The molecule has 0 aliphatic carbocycles. The molecule has 0 saturated carbocycles. The van der Waals surface area contributed by atoms with Crippen molar-refractivity contribution in [2.24, 2.45) is 0 Å². The second-order valence-corrected chi connectivity index (χ2v) is 3.98. The molecule has 0 atom stereocenters. The maximum atomic E-state index is 10.9. The quantitative estimate of drug-likeness (QED) is 0.761. The molecular weight excluding hydrogens is 251 g/mol. The first-order valence-electron chi connectivity index (χ1n) is 4.04. The van der Waals surface area contributed by atoms with Gasteiger partial charge in [0.1, 0.15) is 5.78 Å². The topological polar surface area (TPSA) is 17.1 Å². The van der Waals surface area contributed by atoms with Crippen molar-refractivity contribution in [1.29, 1.82) is 0 Å². The normalized spacial score (nSPS) is 10.0. The summed E-state index contributed by atoms with van der Waals surface area (Å²) >= 11 is 8.74. The van der Waals surface area contributed by atoms with Crippen molar-refractivity contribution in [2.45, 2.75) is 12.8 Å². The van der Waals surface area contributed by atoms with Gasteiger partial charge in [-0.2, -0.15) is 0 Å². The van der Waals surface area contributed by atoms with Crippen molar-refractivity contribution in [2.75, 3.05) is 5.88 Å². The van der Waals surface area contributed by atoms with Gasteiger partial charge in [0.25, 0.3) is 0 Å².